The van der Waals surface area contributed by atoms with Crippen LogP contribution in [0.3, 0.4) is 0 Å². The van der Waals surface area contributed by atoms with Gasteiger partial charge in [0.15, 0.2) is 5.76 Å². The van der Waals surface area contributed by atoms with Gasteiger partial charge in [0.25, 0.3) is 11.8 Å². The first kappa shape index (κ1) is 17.7. The number of morpholine rings is 1. The highest BCUT2D eigenvalue weighted by Gasteiger charge is 2.44. The van der Waals surface area contributed by atoms with Crippen LogP contribution in [-0.2, 0) is 14.3 Å². The highest BCUT2D eigenvalue weighted by molar-refractivity contribution is 5.95. The van der Waals surface area contributed by atoms with E-state index in [9.17, 15) is 14.0 Å². The van der Waals surface area contributed by atoms with Gasteiger partial charge in [-0.25, -0.2) is 4.39 Å². The molecule has 2 saturated heterocycles. The van der Waals surface area contributed by atoms with Crippen molar-refractivity contribution < 1.29 is 27.9 Å². The van der Waals surface area contributed by atoms with Gasteiger partial charge in [0.2, 0.25) is 0 Å². The van der Waals surface area contributed by atoms with Crippen molar-refractivity contribution >= 4 is 17.5 Å². The molecule has 2 amide bonds. The number of benzene rings is 1. The summed E-state index contributed by atoms with van der Waals surface area (Å²) in [4.78, 5) is 28.2. The lowest BCUT2D eigenvalue weighted by molar-refractivity contribution is -0.145. The van der Waals surface area contributed by atoms with Gasteiger partial charge in [0, 0.05) is 12.2 Å². The van der Waals surface area contributed by atoms with Crippen LogP contribution in [-0.4, -0.2) is 61.8 Å². The van der Waals surface area contributed by atoms with Crippen LogP contribution in [0.5, 0.6) is 0 Å². The van der Waals surface area contributed by atoms with Crippen molar-refractivity contribution in [1.29, 1.82) is 0 Å². The van der Waals surface area contributed by atoms with Crippen LogP contribution in [0, 0.1) is 5.82 Å². The zero-order chi connectivity index (χ0) is 18.9. The summed E-state index contributed by atoms with van der Waals surface area (Å²) in [5, 5.41) is 0. The van der Waals surface area contributed by atoms with E-state index in [0.717, 1.165) is 0 Å². The average Bonchev–Trinajstić information content (AvgIpc) is 3.13. The molecule has 2 fully saturated rings. The van der Waals surface area contributed by atoms with Gasteiger partial charge in [-0.3, -0.25) is 9.59 Å². The number of hydrogen-bond donors (Lipinski definition) is 0. The van der Waals surface area contributed by atoms with E-state index in [1.807, 2.05) is 0 Å². The number of anilines is 1. The summed E-state index contributed by atoms with van der Waals surface area (Å²) in [6, 6.07) is 8.98. The number of hydrogen-bond acceptors (Lipinski definition) is 5. The molecule has 4 rings (SSSR count). The van der Waals surface area contributed by atoms with Crippen LogP contribution in [0.15, 0.2) is 47.1 Å². The number of carbonyl (C=O) groups excluding carboxylic acids is 2. The molecular formula is C19H19FN2O5. The van der Waals surface area contributed by atoms with Gasteiger partial charge in [-0.2, -0.15) is 0 Å². The summed E-state index contributed by atoms with van der Waals surface area (Å²) >= 11 is 0. The first-order valence-electron chi connectivity index (χ1n) is 8.67. The van der Waals surface area contributed by atoms with Gasteiger partial charge in [0.1, 0.15) is 18.0 Å². The molecule has 0 aliphatic carbocycles. The van der Waals surface area contributed by atoms with E-state index < -0.39 is 5.60 Å². The molecule has 0 N–H and O–H groups in total. The van der Waals surface area contributed by atoms with Crippen molar-refractivity contribution in [2.75, 3.05) is 44.4 Å². The summed E-state index contributed by atoms with van der Waals surface area (Å²) in [5.74, 6) is -0.601. The Morgan fingerprint density at radius 1 is 1.15 bits per heavy atom. The van der Waals surface area contributed by atoms with E-state index in [2.05, 4.69) is 0 Å². The summed E-state index contributed by atoms with van der Waals surface area (Å²) in [5.41, 5.74) is -0.279. The zero-order valence-electron chi connectivity index (χ0n) is 14.6. The van der Waals surface area contributed by atoms with Crippen LogP contribution < -0.4 is 4.90 Å². The maximum atomic E-state index is 13.2. The van der Waals surface area contributed by atoms with Gasteiger partial charge < -0.3 is 23.7 Å². The fraction of sp³-hybridized carbons (Fsp3) is 0.368. The number of ether oxygens (including phenoxy) is 2. The standard InChI is InChI=1S/C19H19FN2O5/c20-14-3-5-15(6-4-14)22-12-19(27-10-17(22)23)11-21(7-9-25-13-19)18(24)16-2-1-8-26-16/h1-6,8H,7,9-13H2/t19-/m1/s1. The molecule has 2 aromatic rings. The first-order valence-corrected chi connectivity index (χ1v) is 8.67. The van der Waals surface area contributed by atoms with E-state index in [4.69, 9.17) is 13.9 Å². The maximum absolute atomic E-state index is 13.2. The first-order chi connectivity index (χ1) is 13.1. The van der Waals surface area contributed by atoms with E-state index in [0.29, 0.717) is 18.8 Å². The van der Waals surface area contributed by atoms with Crippen molar-refractivity contribution in [2.24, 2.45) is 0 Å². The Labute approximate surface area is 155 Å². The SMILES string of the molecule is O=C(c1ccco1)N1CCOC[C@@]2(C1)CN(c1ccc(F)cc1)C(=O)CO2. The van der Waals surface area contributed by atoms with Crippen molar-refractivity contribution in [3.63, 3.8) is 0 Å². The normalized spacial score (nSPS) is 23.5. The predicted octanol–water partition coefficient (Wildman–Crippen LogP) is 1.69. The lowest BCUT2D eigenvalue weighted by atomic mass is 10.0. The molecule has 2 aliphatic heterocycles. The van der Waals surface area contributed by atoms with Crippen molar-refractivity contribution in [3.05, 3.63) is 54.2 Å². The van der Waals surface area contributed by atoms with Gasteiger partial charge >= 0.3 is 0 Å². The second kappa shape index (κ2) is 7.13. The molecule has 7 nitrogen and oxygen atoms in total. The second-order valence-corrected chi connectivity index (χ2v) is 6.68. The van der Waals surface area contributed by atoms with Crippen LogP contribution in [0.2, 0.25) is 0 Å². The predicted molar refractivity (Wildman–Crippen MR) is 92.9 cm³/mol. The number of halogens is 1. The minimum atomic E-state index is -0.860. The fourth-order valence-corrected chi connectivity index (χ4v) is 3.39. The van der Waals surface area contributed by atoms with Crippen LogP contribution in [0.1, 0.15) is 10.6 Å². The smallest absolute Gasteiger partial charge is 0.289 e. The van der Waals surface area contributed by atoms with Crippen LogP contribution in [0.25, 0.3) is 0 Å². The van der Waals surface area contributed by atoms with E-state index in [1.165, 1.54) is 18.4 Å². The Bertz CT molecular complexity index is 823. The Kier molecular flexibility index (Phi) is 4.67. The number of furan rings is 1. The number of rotatable bonds is 2. The molecule has 1 atom stereocenters. The maximum Gasteiger partial charge on any atom is 0.289 e. The molecule has 1 aromatic heterocycles. The van der Waals surface area contributed by atoms with E-state index >= 15 is 0 Å². The highest BCUT2D eigenvalue weighted by atomic mass is 19.1. The summed E-state index contributed by atoms with van der Waals surface area (Å²) in [7, 11) is 0. The largest absolute Gasteiger partial charge is 0.459 e. The molecule has 2 aliphatic rings. The lowest BCUT2D eigenvalue weighted by Gasteiger charge is -2.42. The third kappa shape index (κ3) is 3.58. The molecule has 0 bridgehead atoms. The summed E-state index contributed by atoms with van der Waals surface area (Å²) < 4.78 is 30.0. The molecule has 3 heterocycles. The van der Waals surface area contributed by atoms with Gasteiger partial charge in [0.05, 0.1) is 32.6 Å². The Hall–Kier alpha value is -2.71. The average molecular weight is 374 g/mol. The molecule has 142 valence electrons. The molecule has 8 heteroatoms. The van der Waals surface area contributed by atoms with Gasteiger partial charge in [-0.05, 0) is 36.4 Å². The third-order valence-electron chi connectivity index (χ3n) is 4.76. The molecular weight excluding hydrogens is 355 g/mol. The Morgan fingerprint density at radius 3 is 2.70 bits per heavy atom. The fourth-order valence-electron chi connectivity index (χ4n) is 3.39. The lowest BCUT2D eigenvalue weighted by Crippen LogP contribution is -2.61. The van der Waals surface area contributed by atoms with Crippen LogP contribution in [0.4, 0.5) is 10.1 Å². The third-order valence-corrected chi connectivity index (χ3v) is 4.76. The number of amides is 2. The van der Waals surface area contributed by atoms with Gasteiger partial charge in [-0.15, -0.1) is 0 Å². The van der Waals surface area contributed by atoms with Gasteiger partial charge in [-0.1, -0.05) is 0 Å². The van der Waals surface area contributed by atoms with Crippen LogP contribution >= 0.6 is 0 Å². The second-order valence-electron chi connectivity index (χ2n) is 6.68. The molecule has 0 radical (unpaired) electrons. The molecule has 1 spiro atoms. The van der Waals surface area contributed by atoms with Crippen molar-refractivity contribution in [3.8, 4) is 0 Å². The Morgan fingerprint density at radius 2 is 1.96 bits per heavy atom. The number of carbonyl (C=O) groups is 2. The van der Waals surface area contributed by atoms with E-state index in [1.54, 1.807) is 34.1 Å². The van der Waals surface area contributed by atoms with Crippen molar-refractivity contribution in [2.45, 2.75) is 5.60 Å². The minimum Gasteiger partial charge on any atom is -0.459 e. The summed E-state index contributed by atoms with van der Waals surface area (Å²) in [6.45, 7) is 1.34. The zero-order valence-corrected chi connectivity index (χ0v) is 14.6. The molecule has 0 saturated carbocycles. The highest BCUT2D eigenvalue weighted by Crippen LogP contribution is 2.28. The minimum absolute atomic E-state index is 0.135. The topological polar surface area (TPSA) is 72.2 Å². The molecule has 27 heavy (non-hydrogen) atoms. The van der Waals surface area contributed by atoms with E-state index in [-0.39, 0.29) is 49.7 Å². The quantitative estimate of drug-likeness (QED) is 0.800. The Balaban J connectivity index is 1.57. The molecule has 0 unspecified atom stereocenters. The van der Waals surface area contributed by atoms with Crippen molar-refractivity contribution in [1.82, 2.24) is 4.90 Å². The summed E-state index contributed by atoms with van der Waals surface area (Å²) in [6.07, 6.45) is 1.45. The number of nitrogens with zero attached hydrogens (tertiary/aromatic N) is 2. The molecule has 1 aromatic carbocycles. The monoisotopic (exact) mass is 374 g/mol.